The van der Waals surface area contributed by atoms with Crippen molar-refractivity contribution in [1.82, 2.24) is 10.6 Å². The largest absolute Gasteiger partial charge is 0.352 e. The number of rotatable bonds is 3. The lowest BCUT2D eigenvalue weighted by Crippen LogP contribution is -2.40. The van der Waals surface area contributed by atoms with Crippen molar-refractivity contribution in [3.8, 4) is 0 Å². The van der Waals surface area contributed by atoms with Crippen LogP contribution < -0.4 is 10.6 Å². The van der Waals surface area contributed by atoms with Gasteiger partial charge in [0, 0.05) is 6.04 Å². The molecule has 0 aliphatic heterocycles. The number of halogens is 1. The number of nitrogens with one attached hydrogen (secondary N) is 2. The van der Waals surface area contributed by atoms with Crippen molar-refractivity contribution in [3.63, 3.8) is 0 Å². The fourth-order valence-corrected chi connectivity index (χ4v) is 1.69. The van der Waals surface area contributed by atoms with E-state index in [0.29, 0.717) is 12.6 Å². The first-order valence-electron chi connectivity index (χ1n) is 4.77. The summed E-state index contributed by atoms with van der Waals surface area (Å²) in [6.07, 6.45) is 6.19. The molecule has 0 aromatic carbocycles. The van der Waals surface area contributed by atoms with E-state index in [2.05, 4.69) is 10.6 Å². The fraction of sp³-hybridized carbons (Fsp3) is 0.889. The Morgan fingerprint density at radius 1 is 1.31 bits per heavy atom. The van der Waals surface area contributed by atoms with Gasteiger partial charge in [-0.1, -0.05) is 19.3 Å². The molecule has 1 rings (SSSR count). The van der Waals surface area contributed by atoms with E-state index in [9.17, 15) is 4.79 Å². The molecule has 1 aliphatic rings. The average molecular weight is 207 g/mol. The quantitative estimate of drug-likeness (QED) is 0.726. The van der Waals surface area contributed by atoms with Crippen molar-refractivity contribution in [2.75, 3.05) is 13.6 Å². The molecular weight excluding hydrogens is 188 g/mol. The van der Waals surface area contributed by atoms with E-state index in [1.54, 1.807) is 7.05 Å². The molecule has 1 saturated carbocycles. The lowest BCUT2D eigenvalue weighted by Gasteiger charge is -2.22. The van der Waals surface area contributed by atoms with Gasteiger partial charge in [0.05, 0.1) is 6.54 Å². The van der Waals surface area contributed by atoms with Gasteiger partial charge in [0.25, 0.3) is 0 Å². The van der Waals surface area contributed by atoms with Gasteiger partial charge in [0.15, 0.2) is 0 Å². The zero-order valence-corrected chi connectivity index (χ0v) is 8.95. The average Bonchev–Trinajstić information content (AvgIpc) is 2.06. The molecule has 0 bridgehead atoms. The third-order valence-electron chi connectivity index (χ3n) is 2.31. The Labute approximate surface area is 86.1 Å². The van der Waals surface area contributed by atoms with Crippen LogP contribution in [0, 0.1) is 0 Å². The van der Waals surface area contributed by atoms with Crippen LogP contribution in [-0.2, 0) is 4.79 Å². The Balaban J connectivity index is 0.00000144. The molecule has 4 heteroatoms. The number of amides is 1. The summed E-state index contributed by atoms with van der Waals surface area (Å²) in [4.78, 5) is 11.1. The van der Waals surface area contributed by atoms with Crippen molar-refractivity contribution < 1.29 is 4.79 Å². The molecular formula is C9H19ClN2O. The zero-order chi connectivity index (χ0) is 8.81. The van der Waals surface area contributed by atoms with Crippen molar-refractivity contribution in [3.05, 3.63) is 0 Å². The van der Waals surface area contributed by atoms with Gasteiger partial charge < -0.3 is 10.6 Å². The topological polar surface area (TPSA) is 41.1 Å². The van der Waals surface area contributed by atoms with E-state index in [1.807, 2.05) is 0 Å². The maximum Gasteiger partial charge on any atom is 0.234 e. The summed E-state index contributed by atoms with van der Waals surface area (Å²) in [5, 5.41) is 5.86. The second-order valence-corrected chi connectivity index (χ2v) is 3.43. The van der Waals surface area contributed by atoms with Crippen LogP contribution >= 0.6 is 12.4 Å². The van der Waals surface area contributed by atoms with Gasteiger partial charge in [-0.15, -0.1) is 12.4 Å². The molecule has 13 heavy (non-hydrogen) atoms. The molecule has 0 spiro atoms. The third kappa shape index (κ3) is 5.11. The van der Waals surface area contributed by atoms with Crippen molar-refractivity contribution in [1.29, 1.82) is 0 Å². The summed E-state index contributed by atoms with van der Waals surface area (Å²) in [6.45, 7) is 0.441. The van der Waals surface area contributed by atoms with Gasteiger partial charge in [-0.05, 0) is 19.9 Å². The van der Waals surface area contributed by atoms with E-state index in [-0.39, 0.29) is 18.3 Å². The second kappa shape index (κ2) is 7.15. The lowest BCUT2D eigenvalue weighted by atomic mass is 9.95. The van der Waals surface area contributed by atoms with Crippen LogP contribution in [0.3, 0.4) is 0 Å². The third-order valence-corrected chi connectivity index (χ3v) is 2.31. The Hall–Kier alpha value is -0.280. The molecule has 1 fully saturated rings. The van der Waals surface area contributed by atoms with Crippen LogP contribution in [0.4, 0.5) is 0 Å². The minimum absolute atomic E-state index is 0. The van der Waals surface area contributed by atoms with Gasteiger partial charge in [0.1, 0.15) is 0 Å². The molecule has 0 heterocycles. The van der Waals surface area contributed by atoms with E-state index in [0.717, 1.165) is 12.8 Å². The number of likely N-dealkylation sites (N-methyl/N-ethyl adjacent to an activating group) is 1. The van der Waals surface area contributed by atoms with Crippen molar-refractivity contribution in [2.45, 2.75) is 38.1 Å². The minimum atomic E-state index is 0. The molecule has 78 valence electrons. The van der Waals surface area contributed by atoms with Gasteiger partial charge in [0.2, 0.25) is 5.91 Å². The highest BCUT2D eigenvalue weighted by atomic mass is 35.5. The first kappa shape index (κ1) is 12.7. The molecule has 1 amide bonds. The highest BCUT2D eigenvalue weighted by Crippen LogP contribution is 2.16. The van der Waals surface area contributed by atoms with Crippen LogP contribution in [0.1, 0.15) is 32.1 Å². The predicted octanol–water partition coefficient (Wildman–Crippen LogP) is 1.08. The predicted molar refractivity (Wildman–Crippen MR) is 56.2 cm³/mol. The Kier molecular flexibility index (Phi) is 7.00. The summed E-state index contributed by atoms with van der Waals surface area (Å²) in [5.74, 6) is 0.129. The maximum atomic E-state index is 11.1. The molecule has 1 aliphatic carbocycles. The standard InChI is InChI=1S/C9H18N2O.ClH/c1-10-7-9(12)11-8-5-3-2-4-6-8;/h8,10H,2-7H2,1H3,(H,11,12);1H. The molecule has 0 aromatic rings. The molecule has 0 atom stereocenters. The van der Waals surface area contributed by atoms with Crippen molar-refractivity contribution >= 4 is 18.3 Å². The van der Waals surface area contributed by atoms with Crippen LogP contribution in [0.2, 0.25) is 0 Å². The highest BCUT2D eigenvalue weighted by molar-refractivity contribution is 5.85. The van der Waals surface area contributed by atoms with Crippen LogP contribution in [0.25, 0.3) is 0 Å². The fourth-order valence-electron chi connectivity index (χ4n) is 1.69. The summed E-state index contributed by atoms with van der Waals surface area (Å²) < 4.78 is 0. The monoisotopic (exact) mass is 206 g/mol. The Bertz CT molecular complexity index is 147. The second-order valence-electron chi connectivity index (χ2n) is 3.43. The number of hydrogen-bond acceptors (Lipinski definition) is 2. The van der Waals surface area contributed by atoms with Crippen LogP contribution in [-0.4, -0.2) is 25.5 Å². The van der Waals surface area contributed by atoms with Crippen LogP contribution in [0.15, 0.2) is 0 Å². The van der Waals surface area contributed by atoms with Crippen molar-refractivity contribution in [2.24, 2.45) is 0 Å². The Morgan fingerprint density at radius 2 is 1.92 bits per heavy atom. The summed E-state index contributed by atoms with van der Waals surface area (Å²) in [7, 11) is 1.79. The normalized spacial score (nSPS) is 17.6. The SMILES string of the molecule is CNCC(=O)NC1CCCCC1.Cl. The van der Waals surface area contributed by atoms with E-state index < -0.39 is 0 Å². The van der Waals surface area contributed by atoms with Gasteiger partial charge in [-0.3, -0.25) is 4.79 Å². The van der Waals surface area contributed by atoms with Crippen LogP contribution in [0.5, 0.6) is 0 Å². The Morgan fingerprint density at radius 3 is 2.46 bits per heavy atom. The number of carbonyl (C=O) groups excluding carboxylic acids is 1. The molecule has 0 aromatic heterocycles. The zero-order valence-electron chi connectivity index (χ0n) is 8.14. The minimum Gasteiger partial charge on any atom is -0.352 e. The summed E-state index contributed by atoms with van der Waals surface area (Å²) in [5.41, 5.74) is 0. The first-order chi connectivity index (χ1) is 5.83. The summed E-state index contributed by atoms with van der Waals surface area (Å²) in [6, 6.07) is 0.444. The lowest BCUT2D eigenvalue weighted by molar-refractivity contribution is -0.121. The molecule has 0 unspecified atom stereocenters. The number of carbonyl (C=O) groups is 1. The van der Waals surface area contributed by atoms with Gasteiger partial charge in [-0.2, -0.15) is 0 Å². The van der Waals surface area contributed by atoms with E-state index >= 15 is 0 Å². The van der Waals surface area contributed by atoms with E-state index in [4.69, 9.17) is 0 Å². The van der Waals surface area contributed by atoms with Gasteiger partial charge >= 0.3 is 0 Å². The van der Waals surface area contributed by atoms with E-state index in [1.165, 1.54) is 19.3 Å². The highest BCUT2D eigenvalue weighted by Gasteiger charge is 2.14. The maximum absolute atomic E-state index is 11.1. The molecule has 2 N–H and O–H groups in total. The summed E-state index contributed by atoms with van der Waals surface area (Å²) >= 11 is 0. The number of hydrogen-bond donors (Lipinski definition) is 2. The first-order valence-corrected chi connectivity index (χ1v) is 4.77. The molecule has 0 saturated heterocycles. The molecule has 0 radical (unpaired) electrons. The molecule has 3 nitrogen and oxygen atoms in total. The van der Waals surface area contributed by atoms with Gasteiger partial charge in [-0.25, -0.2) is 0 Å². The smallest absolute Gasteiger partial charge is 0.234 e.